The van der Waals surface area contributed by atoms with Crippen molar-refractivity contribution in [2.45, 2.75) is 31.8 Å². The summed E-state index contributed by atoms with van der Waals surface area (Å²) in [4.78, 5) is 0. The predicted molar refractivity (Wildman–Crippen MR) is 71.6 cm³/mol. The first-order valence-corrected chi connectivity index (χ1v) is 6.77. The summed E-state index contributed by atoms with van der Waals surface area (Å²) in [6.07, 6.45) is 2.57. The van der Waals surface area contributed by atoms with Crippen LogP contribution in [0.5, 0.6) is 0 Å². The van der Waals surface area contributed by atoms with Crippen molar-refractivity contribution in [3.8, 4) is 0 Å². The van der Waals surface area contributed by atoms with Crippen molar-refractivity contribution in [3.63, 3.8) is 0 Å². The smallest absolute Gasteiger partial charge is 0.0294 e. The van der Waals surface area contributed by atoms with E-state index in [1.807, 2.05) is 0 Å². The van der Waals surface area contributed by atoms with E-state index in [-0.39, 0.29) is 0 Å². The topological polar surface area (TPSA) is 24.1 Å². The molecule has 0 aliphatic carbocycles. The van der Waals surface area contributed by atoms with Crippen LogP contribution in [0.2, 0.25) is 0 Å². The molecule has 0 aromatic heterocycles. The Morgan fingerprint density at radius 3 is 2.75 bits per heavy atom. The van der Waals surface area contributed by atoms with E-state index in [0.717, 1.165) is 11.0 Å². The monoisotopic (exact) mass is 282 g/mol. The first-order valence-electron chi connectivity index (χ1n) is 5.98. The Morgan fingerprint density at radius 2 is 2.12 bits per heavy atom. The average Bonchev–Trinajstić information content (AvgIpc) is 2.31. The Kier molecular flexibility index (Phi) is 4.38. The van der Waals surface area contributed by atoms with Crippen LogP contribution in [0.4, 0.5) is 0 Å². The van der Waals surface area contributed by atoms with Gasteiger partial charge in [0.1, 0.15) is 0 Å². The van der Waals surface area contributed by atoms with E-state index in [9.17, 15) is 0 Å². The van der Waals surface area contributed by atoms with Crippen LogP contribution in [0.1, 0.15) is 31.4 Å². The number of benzene rings is 1. The molecule has 88 valence electrons. The largest absolute Gasteiger partial charge is 0.315 e. The van der Waals surface area contributed by atoms with Gasteiger partial charge in [-0.2, -0.15) is 0 Å². The van der Waals surface area contributed by atoms with Gasteiger partial charge in [-0.3, -0.25) is 0 Å². The first-order chi connectivity index (χ1) is 7.75. The fraction of sp³-hybridized carbons (Fsp3) is 0.538. The lowest BCUT2D eigenvalue weighted by Crippen LogP contribution is -2.43. The fourth-order valence-corrected chi connectivity index (χ4v) is 2.46. The zero-order valence-corrected chi connectivity index (χ0v) is 11.3. The van der Waals surface area contributed by atoms with Crippen LogP contribution in [0.25, 0.3) is 0 Å². The summed E-state index contributed by atoms with van der Waals surface area (Å²) in [7, 11) is 0. The Morgan fingerprint density at radius 1 is 1.38 bits per heavy atom. The minimum Gasteiger partial charge on any atom is -0.315 e. The van der Waals surface area contributed by atoms with Gasteiger partial charge in [-0.25, -0.2) is 0 Å². The van der Waals surface area contributed by atoms with Crippen molar-refractivity contribution >= 4 is 15.9 Å². The molecule has 2 atom stereocenters. The maximum absolute atomic E-state index is 3.68. The third-order valence-corrected chi connectivity index (χ3v) is 3.68. The van der Waals surface area contributed by atoms with E-state index in [0.29, 0.717) is 12.1 Å². The molecular formula is C13H19BrN2. The summed E-state index contributed by atoms with van der Waals surface area (Å²) in [5, 5.41) is 7.11. The molecule has 2 rings (SSSR count). The molecule has 16 heavy (non-hydrogen) atoms. The molecule has 1 saturated heterocycles. The summed E-state index contributed by atoms with van der Waals surface area (Å²) < 4.78 is 1.14. The van der Waals surface area contributed by atoms with Gasteiger partial charge in [0.25, 0.3) is 0 Å². The summed E-state index contributed by atoms with van der Waals surface area (Å²) in [6, 6.07) is 9.61. The van der Waals surface area contributed by atoms with Gasteiger partial charge in [0.05, 0.1) is 0 Å². The number of halogens is 1. The second-order valence-electron chi connectivity index (χ2n) is 4.48. The van der Waals surface area contributed by atoms with Crippen molar-refractivity contribution < 1.29 is 0 Å². The lowest BCUT2D eigenvalue weighted by molar-refractivity contribution is 0.362. The maximum atomic E-state index is 3.68. The highest BCUT2D eigenvalue weighted by atomic mass is 79.9. The highest BCUT2D eigenvalue weighted by Crippen LogP contribution is 2.17. The van der Waals surface area contributed by atoms with E-state index in [1.54, 1.807) is 0 Å². The average molecular weight is 283 g/mol. The summed E-state index contributed by atoms with van der Waals surface area (Å²) in [5.74, 6) is 0. The van der Waals surface area contributed by atoms with Crippen molar-refractivity contribution in [1.29, 1.82) is 0 Å². The molecule has 0 radical (unpaired) electrons. The van der Waals surface area contributed by atoms with Gasteiger partial charge in [-0.05, 0) is 44.0 Å². The number of rotatable bonds is 3. The molecule has 1 aliphatic heterocycles. The molecule has 2 nitrogen and oxygen atoms in total. The van der Waals surface area contributed by atoms with Gasteiger partial charge in [-0.15, -0.1) is 0 Å². The molecule has 0 bridgehead atoms. The highest BCUT2D eigenvalue weighted by Gasteiger charge is 2.15. The van der Waals surface area contributed by atoms with E-state index in [4.69, 9.17) is 0 Å². The standard InChI is InChI=1S/C13H19BrN2/c1-10(11-4-6-12(14)7-5-11)16-13-3-2-8-15-9-13/h4-7,10,13,15-16H,2-3,8-9H2,1H3/t10-,13?/m0/s1. The van der Waals surface area contributed by atoms with Gasteiger partial charge in [-0.1, -0.05) is 28.1 Å². The minimum atomic E-state index is 0.429. The molecule has 1 aromatic carbocycles. The van der Waals surface area contributed by atoms with Crippen molar-refractivity contribution in [2.75, 3.05) is 13.1 Å². The summed E-state index contributed by atoms with van der Waals surface area (Å²) >= 11 is 3.46. The van der Waals surface area contributed by atoms with Gasteiger partial charge < -0.3 is 10.6 Å². The molecule has 0 amide bonds. The van der Waals surface area contributed by atoms with Crippen LogP contribution >= 0.6 is 15.9 Å². The molecule has 1 unspecified atom stereocenters. The van der Waals surface area contributed by atoms with Crippen LogP contribution in [0, 0.1) is 0 Å². The maximum Gasteiger partial charge on any atom is 0.0294 e. The summed E-state index contributed by atoms with van der Waals surface area (Å²) in [6.45, 7) is 4.50. The van der Waals surface area contributed by atoms with E-state index in [2.05, 4.69) is 57.8 Å². The predicted octanol–water partition coefficient (Wildman–Crippen LogP) is 2.85. The third-order valence-electron chi connectivity index (χ3n) is 3.15. The molecule has 0 spiro atoms. The zero-order chi connectivity index (χ0) is 11.4. The Hall–Kier alpha value is -0.380. The van der Waals surface area contributed by atoms with E-state index < -0.39 is 0 Å². The SMILES string of the molecule is C[C@H](NC1CCCNC1)c1ccc(Br)cc1. The van der Waals surface area contributed by atoms with Gasteiger partial charge in [0.15, 0.2) is 0 Å². The molecule has 1 fully saturated rings. The second-order valence-corrected chi connectivity index (χ2v) is 5.40. The van der Waals surface area contributed by atoms with Crippen LogP contribution in [0.15, 0.2) is 28.7 Å². The minimum absolute atomic E-state index is 0.429. The van der Waals surface area contributed by atoms with Crippen LogP contribution < -0.4 is 10.6 Å². The summed E-state index contributed by atoms with van der Waals surface area (Å²) in [5.41, 5.74) is 1.36. The van der Waals surface area contributed by atoms with Crippen molar-refractivity contribution in [1.82, 2.24) is 10.6 Å². The number of hydrogen-bond donors (Lipinski definition) is 2. The quantitative estimate of drug-likeness (QED) is 0.891. The van der Waals surface area contributed by atoms with E-state index in [1.165, 1.54) is 24.9 Å². The second kappa shape index (κ2) is 5.80. The van der Waals surface area contributed by atoms with Gasteiger partial charge >= 0.3 is 0 Å². The van der Waals surface area contributed by atoms with Crippen molar-refractivity contribution in [3.05, 3.63) is 34.3 Å². The fourth-order valence-electron chi connectivity index (χ4n) is 2.20. The molecule has 1 aliphatic rings. The molecule has 1 heterocycles. The lowest BCUT2D eigenvalue weighted by atomic mass is 10.0. The van der Waals surface area contributed by atoms with Crippen LogP contribution in [-0.4, -0.2) is 19.1 Å². The highest BCUT2D eigenvalue weighted by molar-refractivity contribution is 9.10. The molecule has 1 aromatic rings. The number of piperidine rings is 1. The molecule has 3 heteroatoms. The van der Waals surface area contributed by atoms with E-state index >= 15 is 0 Å². The van der Waals surface area contributed by atoms with Gasteiger partial charge in [0, 0.05) is 23.1 Å². The first kappa shape index (κ1) is 12.1. The number of hydrogen-bond acceptors (Lipinski definition) is 2. The molecule has 2 N–H and O–H groups in total. The van der Waals surface area contributed by atoms with Crippen LogP contribution in [-0.2, 0) is 0 Å². The van der Waals surface area contributed by atoms with Crippen LogP contribution in [0.3, 0.4) is 0 Å². The lowest BCUT2D eigenvalue weighted by Gasteiger charge is -2.27. The van der Waals surface area contributed by atoms with Crippen molar-refractivity contribution in [2.24, 2.45) is 0 Å². The Balaban J connectivity index is 1.91. The Labute approximate surface area is 106 Å². The normalized spacial score (nSPS) is 23.0. The van der Waals surface area contributed by atoms with Gasteiger partial charge in [0.2, 0.25) is 0 Å². The molecular weight excluding hydrogens is 264 g/mol. The number of nitrogens with one attached hydrogen (secondary N) is 2. The Bertz CT molecular complexity index is 317. The zero-order valence-electron chi connectivity index (χ0n) is 9.67. The third kappa shape index (κ3) is 3.30. The molecule has 0 saturated carbocycles.